The molecule has 2 heterocycles. The molecule has 0 amide bonds. The molecule has 1 unspecified atom stereocenters. The van der Waals surface area contributed by atoms with E-state index in [1.807, 2.05) is 0 Å². The summed E-state index contributed by atoms with van der Waals surface area (Å²) < 4.78 is 11.4. The van der Waals surface area contributed by atoms with Crippen LogP contribution in [0.3, 0.4) is 0 Å². The van der Waals surface area contributed by atoms with E-state index in [9.17, 15) is 0 Å². The first-order valence-electron chi connectivity index (χ1n) is 7.36. The van der Waals surface area contributed by atoms with Crippen LogP contribution in [0.5, 0.6) is 0 Å². The number of hydrogen-bond donors (Lipinski definition) is 0. The Morgan fingerprint density at radius 2 is 1.84 bits per heavy atom. The maximum Gasteiger partial charge on any atom is 0.173 e. The second kappa shape index (κ2) is 6.04. The SMILES string of the molecule is Cc1ccc(CN2CCCCC2C2OCCO2)cc1. The van der Waals surface area contributed by atoms with Crippen LogP contribution >= 0.6 is 0 Å². The number of piperidine rings is 1. The molecular formula is C16H23NO2. The molecule has 1 aromatic carbocycles. The van der Waals surface area contributed by atoms with Crippen LogP contribution in [0.4, 0.5) is 0 Å². The van der Waals surface area contributed by atoms with Gasteiger partial charge in [0.1, 0.15) is 0 Å². The van der Waals surface area contributed by atoms with E-state index < -0.39 is 0 Å². The number of hydrogen-bond acceptors (Lipinski definition) is 3. The van der Waals surface area contributed by atoms with Crippen LogP contribution in [0.1, 0.15) is 30.4 Å². The minimum absolute atomic E-state index is 0.00857. The normalized spacial score (nSPS) is 25.8. The van der Waals surface area contributed by atoms with Crippen LogP contribution < -0.4 is 0 Å². The molecule has 104 valence electrons. The molecule has 1 atom stereocenters. The van der Waals surface area contributed by atoms with Crippen LogP contribution in [0.25, 0.3) is 0 Å². The number of likely N-dealkylation sites (tertiary alicyclic amines) is 1. The molecule has 0 bridgehead atoms. The predicted octanol–water partition coefficient (Wildman–Crippen LogP) is 2.72. The van der Waals surface area contributed by atoms with Gasteiger partial charge in [-0.2, -0.15) is 0 Å². The Hall–Kier alpha value is -0.900. The summed E-state index contributed by atoms with van der Waals surface area (Å²) in [5, 5.41) is 0. The summed E-state index contributed by atoms with van der Waals surface area (Å²) in [7, 11) is 0. The highest BCUT2D eigenvalue weighted by atomic mass is 16.7. The molecule has 0 saturated carbocycles. The molecule has 3 heteroatoms. The first-order valence-corrected chi connectivity index (χ1v) is 7.36. The monoisotopic (exact) mass is 261 g/mol. The Morgan fingerprint density at radius 3 is 2.58 bits per heavy atom. The molecule has 2 aliphatic heterocycles. The summed E-state index contributed by atoms with van der Waals surface area (Å²) in [5.74, 6) is 0. The Morgan fingerprint density at radius 1 is 1.11 bits per heavy atom. The number of benzene rings is 1. The molecule has 0 N–H and O–H groups in total. The zero-order chi connectivity index (χ0) is 13.1. The van der Waals surface area contributed by atoms with Crippen LogP contribution in [0, 0.1) is 6.92 Å². The summed E-state index contributed by atoms with van der Waals surface area (Å²) in [4.78, 5) is 2.53. The van der Waals surface area contributed by atoms with Crippen molar-refractivity contribution in [2.75, 3.05) is 19.8 Å². The summed E-state index contributed by atoms with van der Waals surface area (Å²) >= 11 is 0. The van der Waals surface area contributed by atoms with Gasteiger partial charge in [-0.25, -0.2) is 0 Å². The van der Waals surface area contributed by atoms with Gasteiger partial charge >= 0.3 is 0 Å². The van der Waals surface area contributed by atoms with Crippen LogP contribution in [0.2, 0.25) is 0 Å². The summed E-state index contributed by atoms with van der Waals surface area (Å²) in [6, 6.07) is 9.28. The molecule has 0 spiro atoms. The third kappa shape index (κ3) is 3.16. The minimum Gasteiger partial charge on any atom is -0.349 e. The van der Waals surface area contributed by atoms with Crippen LogP contribution in [-0.4, -0.2) is 37.0 Å². The van der Waals surface area contributed by atoms with Crippen molar-refractivity contribution < 1.29 is 9.47 Å². The molecule has 2 aliphatic rings. The largest absolute Gasteiger partial charge is 0.349 e. The predicted molar refractivity (Wildman–Crippen MR) is 74.9 cm³/mol. The van der Waals surface area contributed by atoms with Gasteiger partial charge in [0.15, 0.2) is 6.29 Å². The second-order valence-corrected chi connectivity index (χ2v) is 5.63. The Labute approximate surface area is 115 Å². The third-order valence-corrected chi connectivity index (χ3v) is 4.13. The maximum absolute atomic E-state index is 5.72. The molecule has 19 heavy (non-hydrogen) atoms. The van der Waals surface area contributed by atoms with Gasteiger partial charge in [-0.05, 0) is 31.9 Å². The average molecular weight is 261 g/mol. The molecule has 0 radical (unpaired) electrons. The van der Waals surface area contributed by atoms with E-state index in [1.165, 1.54) is 30.4 Å². The number of ether oxygens (including phenoxy) is 2. The van der Waals surface area contributed by atoms with E-state index in [0.717, 1.165) is 26.3 Å². The average Bonchev–Trinajstić information content (AvgIpc) is 2.96. The molecule has 0 aromatic heterocycles. The van der Waals surface area contributed by atoms with Crippen molar-refractivity contribution in [3.63, 3.8) is 0 Å². The zero-order valence-electron chi connectivity index (χ0n) is 11.7. The van der Waals surface area contributed by atoms with Crippen molar-refractivity contribution in [3.05, 3.63) is 35.4 Å². The van der Waals surface area contributed by atoms with E-state index in [0.29, 0.717) is 6.04 Å². The fourth-order valence-corrected chi connectivity index (χ4v) is 3.05. The minimum atomic E-state index is -0.00857. The Balaban J connectivity index is 1.67. The van der Waals surface area contributed by atoms with Crippen LogP contribution in [-0.2, 0) is 16.0 Å². The molecule has 3 rings (SSSR count). The number of rotatable bonds is 3. The first-order chi connectivity index (χ1) is 9.33. The van der Waals surface area contributed by atoms with E-state index in [2.05, 4.69) is 36.1 Å². The highest BCUT2D eigenvalue weighted by Crippen LogP contribution is 2.25. The van der Waals surface area contributed by atoms with Crippen molar-refractivity contribution in [1.82, 2.24) is 4.90 Å². The van der Waals surface area contributed by atoms with Crippen molar-refractivity contribution in [2.45, 2.75) is 45.1 Å². The topological polar surface area (TPSA) is 21.7 Å². The quantitative estimate of drug-likeness (QED) is 0.835. The van der Waals surface area contributed by atoms with Gasteiger partial charge in [0.2, 0.25) is 0 Å². The van der Waals surface area contributed by atoms with Gasteiger partial charge in [0, 0.05) is 6.54 Å². The van der Waals surface area contributed by atoms with E-state index in [4.69, 9.17) is 9.47 Å². The van der Waals surface area contributed by atoms with Gasteiger partial charge in [0.05, 0.1) is 19.3 Å². The molecule has 1 aromatic rings. The summed E-state index contributed by atoms with van der Waals surface area (Å²) in [6.45, 7) is 5.79. The first kappa shape index (κ1) is 13.1. The summed E-state index contributed by atoms with van der Waals surface area (Å²) in [6.07, 6.45) is 3.76. The highest BCUT2D eigenvalue weighted by Gasteiger charge is 2.33. The van der Waals surface area contributed by atoms with Crippen molar-refractivity contribution in [2.24, 2.45) is 0 Å². The zero-order valence-corrected chi connectivity index (χ0v) is 11.7. The summed E-state index contributed by atoms with van der Waals surface area (Å²) in [5.41, 5.74) is 2.71. The smallest absolute Gasteiger partial charge is 0.173 e. The lowest BCUT2D eigenvalue weighted by atomic mass is 10.0. The lowest BCUT2D eigenvalue weighted by Crippen LogP contribution is -2.46. The Bertz CT molecular complexity index is 398. The van der Waals surface area contributed by atoms with Crippen molar-refractivity contribution >= 4 is 0 Å². The number of aryl methyl sites for hydroxylation is 1. The van der Waals surface area contributed by atoms with Gasteiger partial charge in [-0.1, -0.05) is 36.2 Å². The van der Waals surface area contributed by atoms with E-state index in [-0.39, 0.29) is 6.29 Å². The van der Waals surface area contributed by atoms with Crippen molar-refractivity contribution in [3.8, 4) is 0 Å². The molecule has 2 saturated heterocycles. The fraction of sp³-hybridized carbons (Fsp3) is 0.625. The van der Waals surface area contributed by atoms with E-state index >= 15 is 0 Å². The fourth-order valence-electron chi connectivity index (χ4n) is 3.05. The van der Waals surface area contributed by atoms with Crippen LogP contribution in [0.15, 0.2) is 24.3 Å². The number of nitrogens with zero attached hydrogens (tertiary/aromatic N) is 1. The molecule has 0 aliphatic carbocycles. The van der Waals surface area contributed by atoms with Gasteiger partial charge < -0.3 is 9.47 Å². The molecule has 3 nitrogen and oxygen atoms in total. The van der Waals surface area contributed by atoms with Gasteiger partial charge in [0.25, 0.3) is 0 Å². The Kier molecular flexibility index (Phi) is 4.16. The third-order valence-electron chi connectivity index (χ3n) is 4.13. The lowest BCUT2D eigenvalue weighted by Gasteiger charge is -2.38. The van der Waals surface area contributed by atoms with Gasteiger partial charge in [-0.15, -0.1) is 0 Å². The van der Waals surface area contributed by atoms with Crippen molar-refractivity contribution in [1.29, 1.82) is 0 Å². The molecule has 2 fully saturated rings. The second-order valence-electron chi connectivity index (χ2n) is 5.63. The standard InChI is InChI=1S/C16H23NO2/c1-13-5-7-14(8-6-13)12-17-9-3-2-4-15(17)16-18-10-11-19-16/h5-8,15-16H,2-4,9-12H2,1H3. The molecular weight excluding hydrogens is 238 g/mol. The maximum atomic E-state index is 5.72. The highest BCUT2D eigenvalue weighted by molar-refractivity contribution is 5.21. The van der Waals surface area contributed by atoms with Gasteiger partial charge in [-0.3, -0.25) is 4.90 Å². The lowest BCUT2D eigenvalue weighted by molar-refractivity contribution is -0.111. The van der Waals surface area contributed by atoms with E-state index in [1.54, 1.807) is 0 Å².